The van der Waals surface area contributed by atoms with E-state index in [1.807, 2.05) is 0 Å². The zero-order valence-electron chi connectivity index (χ0n) is 24.3. The Bertz CT molecular complexity index is 521. The molecule has 0 aliphatic rings. The summed E-state index contributed by atoms with van der Waals surface area (Å²) in [5.74, 6) is 0. The van der Waals surface area contributed by atoms with Gasteiger partial charge in [-0.1, -0.05) is 104 Å². The van der Waals surface area contributed by atoms with Crippen LogP contribution in [0.3, 0.4) is 0 Å². The Hall–Kier alpha value is 0.110. The molecule has 0 amide bonds. The molecule has 0 aromatic heterocycles. The van der Waals surface area contributed by atoms with E-state index in [1.54, 1.807) is 0 Å². The van der Waals surface area contributed by atoms with Crippen LogP contribution < -0.4 is 0 Å². The quantitative estimate of drug-likeness (QED) is 0.263. The summed E-state index contributed by atoms with van der Waals surface area (Å²) in [7, 11) is -3.97. The summed E-state index contributed by atoms with van der Waals surface area (Å²) in [6.45, 7) is 32.0. The smallest absolute Gasteiger partial charge is 0.280 e. The molecule has 0 fully saturated rings. The van der Waals surface area contributed by atoms with Gasteiger partial charge in [-0.15, -0.1) is 0 Å². The first kappa shape index (κ1) is 32.1. The summed E-state index contributed by atoms with van der Waals surface area (Å²) in [5, 5.41) is 0. The third-order valence-electron chi connectivity index (χ3n) is 8.39. The van der Waals surface area contributed by atoms with E-state index >= 15 is 0 Å². The van der Waals surface area contributed by atoms with Crippen LogP contribution in [0, 0.1) is 16.2 Å². The zero-order valence-corrected chi connectivity index (χ0v) is 25.2. The molecule has 5 heteroatoms. The molecule has 4 nitrogen and oxygen atoms in total. The monoisotopic (exact) mass is 476 g/mol. The molecular formula is C27H57O4P. The minimum atomic E-state index is -3.97. The Morgan fingerprint density at radius 2 is 0.594 bits per heavy atom. The van der Waals surface area contributed by atoms with Crippen molar-refractivity contribution in [1.29, 1.82) is 0 Å². The predicted molar refractivity (Wildman–Crippen MR) is 139 cm³/mol. The minimum absolute atomic E-state index is 0.232. The molecule has 0 atom stereocenters. The van der Waals surface area contributed by atoms with Gasteiger partial charge in [0.1, 0.15) is 0 Å². The molecule has 0 unspecified atom stereocenters. The van der Waals surface area contributed by atoms with Gasteiger partial charge in [-0.2, -0.15) is 0 Å². The van der Waals surface area contributed by atoms with E-state index in [2.05, 4.69) is 104 Å². The molecule has 0 aromatic rings. The molecule has 194 valence electrons. The lowest BCUT2D eigenvalue weighted by Crippen LogP contribution is -2.50. The van der Waals surface area contributed by atoms with Crippen LogP contribution >= 0.6 is 7.82 Å². The number of hydrogen-bond donors (Lipinski definition) is 0. The average molecular weight is 477 g/mol. The molecule has 0 rings (SSSR count). The number of phosphoric ester groups is 1. The number of rotatable bonds is 12. The molecule has 0 aliphatic heterocycles. The topological polar surface area (TPSA) is 44.8 Å². The SMILES string of the molecule is CCC(CC)(OP(=O)(OC(CC)(CC)C(C)(C)C)OC(CC)(CC)C(C)(C)C)C(C)(C)C. The van der Waals surface area contributed by atoms with Crippen molar-refractivity contribution in [2.75, 3.05) is 0 Å². The summed E-state index contributed by atoms with van der Waals surface area (Å²) in [5.41, 5.74) is -2.57. The highest BCUT2D eigenvalue weighted by atomic mass is 31.2. The Labute approximate surface area is 201 Å². The van der Waals surface area contributed by atoms with Crippen molar-refractivity contribution in [3.8, 4) is 0 Å². The highest BCUT2D eigenvalue weighted by molar-refractivity contribution is 7.48. The first-order chi connectivity index (χ1) is 14.2. The number of phosphoric acid groups is 1. The molecule has 0 bridgehead atoms. The van der Waals surface area contributed by atoms with Gasteiger partial charge in [-0.3, -0.25) is 13.6 Å². The second kappa shape index (κ2) is 10.8. The van der Waals surface area contributed by atoms with E-state index in [1.165, 1.54) is 0 Å². The Kier molecular flexibility index (Phi) is 10.8. The fraction of sp³-hybridized carbons (Fsp3) is 1.00. The minimum Gasteiger partial charge on any atom is -0.280 e. The van der Waals surface area contributed by atoms with Gasteiger partial charge in [0.25, 0.3) is 0 Å². The highest BCUT2D eigenvalue weighted by Crippen LogP contribution is 2.66. The van der Waals surface area contributed by atoms with E-state index in [4.69, 9.17) is 13.6 Å². The maximum absolute atomic E-state index is 14.9. The lowest BCUT2D eigenvalue weighted by molar-refractivity contribution is -0.144. The van der Waals surface area contributed by atoms with Crippen molar-refractivity contribution in [3.63, 3.8) is 0 Å². The van der Waals surface area contributed by atoms with Gasteiger partial charge in [0.05, 0.1) is 16.8 Å². The molecule has 0 spiro atoms. The molecule has 0 aliphatic carbocycles. The predicted octanol–water partition coefficient (Wildman–Crippen LogP) is 9.96. The van der Waals surface area contributed by atoms with Gasteiger partial charge in [-0.05, 0) is 54.8 Å². The van der Waals surface area contributed by atoms with Gasteiger partial charge in [-0.25, -0.2) is 4.57 Å². The molecule has 0 saturated heterocycles. The van der Waals surface area contributed by atoms with Crippen LogP contribution in [0.2, 0.25) is 0 Å². The molecule has 32 heavy (non-hydrogen) atoms. The van der Waals surface area contributed by atoms with Gasteiger partial charge in [0.2, 0.25) is 0 Å². The maximum atomic E-state index is 14.9. The molecule has 0 saturated carbocycles. The van der Waals surface area contributed by atoms with Gasteiger partial charge in [0.15, 0.2) is 0 Å². The summed E-state index contributed by atoms with van der Waals surface area (Å²) in [4.78, 5) is 0. The third kappa shape index (κ3) is 6.41. The van der Waals surface area contributed by atoms with Crippen LogP contribution in [0.4, 0.5) is 0 Å². The van der Waals surface area contributed by atoms with E-state index < -0.39 is 24.6 Å². The van der Waals surface area contributed by atoms with Crippen LogP contribution in [0.15, 0.2) is 0 Å². The van der Waals surface area contributed by atoms with Crippen LogP contribution in [0.5, 0.6) is 0 Å². The van der Waals surface area contributed by atoms with Gasteiger partial charge in [0, 0.05) is 0 Å². The molecule has 0 radical (unpaired) electrons. The summed E-state index contributed by atoms with van der Waals surface area (Å²) in [6, 6.07) is 0. The van der Waals surface area contributed by atoms with E-state index in [0.29, 0.717) is 0 Å². The maximum Gasteiger partial charge on any atom is 0.476 e. The van der Waals surface area contributed by atoms with E-state index in [9.17, 15) is 4.57 Å². The van der Waals surface area contributed by atoms with Crippen LogP contribution in [0.25, 0.3) is 0 Å². The number of hydrogen-bond acceptors (Lipinski definition) is 4. The van der Waals surface area contributed by atoms with E-state index in [0.717, 1.165) is 38.5 Å². The van der Waals surface area contributed by atoms with Crippen molar-refractivity contribution >= 4 is 7.82 Å². The first-order valence-electron chi connectivity index (χ1n) is 13.0. The van der Waals surface area contributed by atoms with Crippen molar-refractivity contribution in [2.24, 2.45) is 16.2 Å². The van der Waals surface area contributed by atoms with Crippen LogP contribution in [0.1, 0.15) is 142 Å². The normalized spacial score (nSPS) is 15.3. The first-order valence-corrected chi connectivity index (χ1v) is 14.4. The Balaban J connectivity index is 6.94. The molecular weight excluding hydrogens is 419 g/mol. The summed E-state index contributed by atoms with van der Waals surface area (Å²) < 4.78 is 35.0. The molecule has 0 aromatic carbocycles. The van der Waals surface area contributed by atoms with Crippen molar-refractivity contribution in [2.45, 2.75) is 159 Å². The lowest BCUT2D eigenvalue weighted by Gasteiger charge is -2.52. The fourth-order valence-electron chi connectivity index (χ4n) is 5.43. The Morgan fingerprint density at radius 3 is 0.688 bits per heavy atom. The van der Waals surface area contributed by atoms with Gasteiger partial charge >= 0.3 is 7.82 Å². The van der Waals surface area contributed by atoms with Gasteiger partial charge < -0.3 is 0 Å². The van der Waals surface area contributed by atoms with Crippen molar-refractivity contribution < 1.29 is 18.1 Å². The Morgan fingerprint density at radius 1 is 0.438 bits per heavy atom. The second-order valence-electron chi connectivity index (χ2n) is 12.6. The van der Waals surface area contributed by atoms with Crippen LogP contribution in [-0.4, -0.2) is 16.8 Å². The molecule has 0 heterocycles. The van der Waals surface area contributed by atoms with E-state index in [-0.39, 0.29) is 16.2 Å². The van der Waals surface area contributed by atoms with Crippen molar-refractivity contribution in [1.82, 2.24) is 0 Å². The zero-order chi connectivity index (χ0) is 25.9. The largest absolute Gasteiger partial charge is 0.476 e. The lowest BCUT2D eigenvalue weighted by atomic mass is 9.73. The standard InChI is InChI=1S/C27H57O4P/c1-16-25(17-2,22(7,8)9)29-32(28,30-26(18-3,19-4)23(10,11)12)31-27(20-5,21-6)24(13,14)15/h16-21H2,1-15H3. The van der Waals surface area contributed by atoms with Crippen molar-refractivity contribution in [3.05, 3.63) is 0 Å². The summed E-state index contributed by atoms with van der Waals surface area (Å²) >= 11 is 0. The highest BCUT2D eigenvalue weighted by Gasteiger charge is 2.56. The average Bonchev–Trinajstić information content (AvgIpc) is 2.66. The third-order valence-corrected chi connectivity index (χ3v) is 10.1. The van der Waals surface area contributed by atoms with Crippen LogP contribution in [-0.2, 0) is 18.1 Å². The summed E-state index contributed by atoms with van der Waals surface area (Å²) in [6.07, 6.45) is 4.36. The second-order valence-corrected chi connectivity index (χ2v) is 14.0. The molecule has 0 N–H and O–H groups in total. The fourth-order valence-corrected chi connectivity index (χ4v) is 8.42.